The van der Waals surface area contributed by atoms with Crippen molar-refractivity contribution in [1.82, 2.24) is 4.90 Å². The van der Waals surface area contributed by atoms with Gasteiger partial charge in [0.05, 0.1) is 13.2 Å². The molecular formula is C18H28N2O3. The van der Waals surface area contributed by atoms with Gasteiger partial charge in [0.2, 0.25) is 5.91 Å². The van der Waals surface area contributed by atoms with Gasteiger partial charge in [-0.1, -0.05) is 19.3 Å². The summed E-state index contributed by atoms with van der Waals surface area (Å²) < 4.78 is 10.4. The molecule has 1 aliphatic carbocycles. The molecule has 0 saturated heterocycles. The van der Waals surface area contributed by atoms with E-state index in [0.29, 0.717) is 25.8 Å². The van der Waals surface area contributed by atoms with Crippen LogP contribution in [0.1, 0.15) is 32.1 Å². The number of nitrogens with one attached hydrogen (secondary N) is 1. The molecule has 23 heavy (non-hydrogen) atoms. The number of ether oxygens (including phenoxy) is 2. The van der Waals surface area contributed by atoms with Gasteiger partial charge in [0.25, 0.3) is 0 Å². The first-order valence-electron chi connectivity index (χ1n) is 8.41. The number of rotatable bonds is 8. The van der Waals surface area contributed by atoms with Crippen LogP contribution in [0.2, 0.25) is 0 Å². The number of anilines is 1. The molecule has 0 atom stereocenters. The molecule has 1 N–H and O–H groups in total. The largest absolute Gasteiger partial charge is 0.491 e. The van der Waals surface area contributed by atoms with E-state index in [1.807, 2.05) is 31.3 Å². The fourth-order valence-corrected chi connectivity index (χ4v) is 2.96. The molecule has 5 heteroatoms. The summed E-state index contributed by atoms with van der Waals surface area (Å²) in [5.41, 5.74) is 0.797. The lowest BCUT2D eigenvalue weighted by molar-refractivity contribution is -0.117. The number of carbonyl (C=O) groups excluding carboxylic acids is 1. The molecule has 1 aliphatic rings. The van der Waals surface area contributed by atoms with E-state index in [9.17, 15) is 4.79 Å². The number of benzene rings is 1. The van der Waals surface area contributed by atoms with Gasteiger partial charge in [-0.05, 0) is 44.2 Å². The number of nitrogens with zero attached hydrogens (tertiary/aromatic N) is 1. The van der Waals surface area contributed by atoms with Crippen LogP contribution in [0.25, 0.3) is 0 Å². The molecule has 0 unspecified atom stereocenters. The number of carbonyl (C=O) groups is 1. The van der Waals surface area contributed by atoms with Crippen LogP contribution in [0, 0.1) is 0 Å². The fourth-order valence-electron chi connectivity index (χ4n) is 2.96. The molecule has 1 amide bonds. The van der Waals surface area contributed by atoms with E-state index >= 15 is 0 Å². The van der Waals surface area contributed by atoms with E-state index in [0.717, 1.165) is 11.4 Å². The normalized spacial score (nSPS) is 15.6. The van der Waals surface area contributed by atoms with Crippen LogP contribution in [0.3, 0.4) is 0 Å². The highest BCUT2D eigenvalue weighted by atomic mass is 16.5. The zero-order chi connectivity index (χ0) is 16.5. The van der Waals surface area contributed by atoms with Gasteiger partial charge in [-0.15, -0.1) is 0 Å². The van der Waals surface area contributed by atoms with E-state index in [-0.39, 0.29) is 5.91 Å². The summed E-state index contributed by atoms with van der Waals surface area (Å²) in [4.78, 5) is 14.3. The third-order valence-electron chi connectivity index (χ3n) is 4.29. The molecule has 0 heterocycles. The van der Waals surface area contributed by atoms with Crippen LogP contribution in [0.15, 0.2) is 24.3 Å². The van der Waals surface area contributed by atoms with Crippen LogP contribution in [-0.2, 0) is 9.53 Å². The van der Waals surface area contributed by atoms with Crippen LogP contribution < -0.4 is 10.1 Å². The maximum atomic E-state index is 12.2. The average Bonchev–Trinajstić information content (AvgIpc) is 2.57. The van der Waals surface area contributed by atoms with Gasteiger partial charge < -0.3 is 14.8 Å². The monoisotopic (exact) mass is 320 g/mol. The van der Waals surface area contributed by atoms with Crippen molar-refractivity contribution in [2.24, 2.45) is 0 Å². The van der Waals surface area contributed by atoms with Crippen LogP contribution in [0.5, 0.6) is 5.75 Å². The van der Waals surface area contributed by atoms with Crippen LogP contribution in [0.4, 0.5) is 5.69 Å². The standard InChI is InChI=1S/C18H28N2O3/c1-20(16-6-4-3-5-7-16)14-18(21)19-15-8-10-17(11-9-15)23-13-12-22-2/h8-11,16H,3-7,12-14H2,1-2H3,(H,19,21). The Morgan fingerprint density at radius 1 is 1.17 bits per heavy atom. The SMILES string of the molecule is COCCOc1ccc(NC(=O)CN(C)C2CCCCC2)cc1. The first-order chi connectivity index (χ1) is 11.2. The molecular weight excluding hydrogens is 292 g/mol. The second kappa shape index (κ2) is 9.53. The Labute approximate surface area is 139 Å². The number of hydrogen-bond acceptors (Lipinski definition) is 4. The molecule has 1 aromatic carbocycles. The third-order valence-corrected chi connectivity index (χ3v) is 4.29. The van der Waals surface area contributed by atoms with Gasteiger partial charge in [0.15, 0.2) is 0 Å². The van der Waals surface area contributed by atoms with Crippen LogP contribution >= 0.6 is 0 Å². The van der Waals surface area contributed by atoms with Crippen molar-refractivity contribution in [1.29, 1.82) is 0 Å². The van der Waals surface area contributed by atoms with Crippen molar-refractivity contribution in [2.75, 3.05) is 39.2 Å². The smallest absolute Gasteiger partial charge is 0.238 e. The summed E-state index contributed by atoms with van der Waals surface area (Å²) >= 11 is 0. The number of likely N-dealkylation sites (N-methyl/N-ethyl adjacent to an activating group) is 1. The summed E-state index contributed by atoms with van der Waals surface area (Å²) in [5.74, 6) is 0.811. The highest BCUT2D eigenvalue weighted by Crippen LogP contribution is 2.21. The van der Waals surface area contributed by atoms with Gasteiger partial charge in [-0.25, -0.2) is 0 Å². The molecule has 0 radical (unpaired) electrons. The van der Waals surface area contributed by atoms with E-state index < -0.39 is 0 Å². The summed E-state index contributed by atoms with van der Waals surface area (Å²) in [6, 6.07) is 7.99. The predicted octanol–water partition coefficient (Wildman–Crippen LogP) is 2.91. The van der Waals surface area contributed by atoms with Gasteiger partial charge in [0, 0.05) is 18.8 Å². The molecule has 0 bridgehead atoms. The van der Waals surface area contributed by atoms with E-state index in [1.165, 1.54) is 32.1 Å². The van der Waals surface area contributed by atoms with Crippen molar-refractivity contribution < 1.29 is 14.3 Å². The molecule has 2 rings (SSSR count). The number of methoxy groups -OCH3 is 1. The Hall–Kier alpha value is -1.59. The molecule has 5 nitrogen and oxygen atoms in total. The van der Waals surface area contributed by atoms with Gasteiger partial charge in [-0.3, -0.25) is 9.69 Å². The minimum Gasteiger partial charge on any atom is -0.491 e. The lowest BCUT2D eigenvalue weighted by Gasteiger charge is -2.30. The molecule has 1 fully saturated rings. The molecule has 0 aliphatic heterocycles. The number of hydrogen-bond donors (Lipinski definition) is 1. The number of amides is 1. The molecule has 1 aromatic rings. The second-order valence-corrected chi connectivity index (χ2v) is 6.12. The zero-order valence-corrected chi connectivity index (χ0v) is 14.2. The van der Waals surface area contributed by atoms with Gasteiger partial charge in [-0.2, -0.15) is 0 Å². The summed E-state index contributed by atoms with van der Waals surface area (Å²) in [6.45, 7) is 1.52. The van der Waals surface area contributed by atoms with Gasteiger partial charge in [0.1, 0.15) is 12.4 Å². The van der Waals surface area contributed by atoms with Crippen molar-refractivity contribution in [3.8, 4) is 5.75 Å². The molecule has 0 spiro atoms. The Balaban J connectivity index is 1.75. The maximum Gasteiger partial charge on any atom is 0.238 e. The van der Waals surface area contributed by atoms with E-state index in [2.05, 4.69) is 10.2 Å². The Kier molecular flexibility index (Phi) is 7.36. The van der Waals surface area contributed by atoms with Crippen molar-refractivity contribution in [3.05, 3.63) is 24.3 Å². The van der Waals surface area contributed by atoms with Crippen LogP contribution in [-0.4, -0.2) is 50.8 Å². The van der Waals surface area contributed by atoms with Gasteiger partial charge >= 0.3 is 0 Å². The first-order valence-corrected chi connectivity index (χ1v) is 8.41. The second-order valence-electron chi connectivity index (χ2n) is 6.12. The average molecular weight is 320 g/mol. The Bertz CT molecular complexity index is 470. The molecule has 1 saturated carbocycles. The molecule has 0 aromatic heterocycles. The highest BCUT2D eigenvalue weighted by Gasteiger charge is 2.19. The van der Waals surface area contributed by atoms with Crippen molar-refractivity contribution in [3.63, 3.8) is 0 Å². The predicted molar refractivity (Wildman–Crippen MR) is 91.9 cm³/mol. The quantitative estimate of drug-likeness (QED) is 0.748. The fraction of sp³-hybridized carbons (Fsp3) is 0.611. The minimum absolute atomic E-state index is 0.0334. The van der Waals surface area contributed by atoms with Crippen molar-refractivity contribution >= 4 is 11.6 Å². The first kappa shape index (κ1) is 17.8. The lowest BCUT2D eigenvalue weighted by atomic mass is 9.94. The summed E-state index contributed by atoms with van der Waals surface area (Å²) in [5, 5.41) is 2.95. The lowest BCUT2D eigenvalue weighted by Crippen LogP contribution is -2.39. The van der Waals surface area contributed by atoms with E-state index in [4.69, 9.17) is 9.47 Å². The highest BCUT2D eigenvalue weighted by molar-refractivity contribution is 5.92. The maximum absolute atomic E-state index is 12.2. The van der Waals surface area contributed by atoms with E-state index in [1.54, 1.807) is 7.11 Å². The third kappa shape index (κ3) is 6.20. The Morgan fingerprint density at radius 3 is 2.52 bits per heavy atom. The topological polar surface area (TPSA) is 50.8 Å². The zero-order valence-electron chi connectivity index (χ0n) is 14.2. The summed E-state index contributed by atoms with van der Waals surface area (Å²) in [7, 11) is 3.69. The Morgan fingerprint density at radius 2 is 1.87 bits per heavy atom. The summed E-state index contributed by atoms with van der Waals surface area (Å²) in [6.07, 6.45) is 6.30. The van der Waals surface area contributed by atoms with Crippen molar-refractivity contribution in [2.45, 2.75) is 38.1 Å². The molecule has 128 valence electrons. The minimum atomic E-state index is 0.0334.